The molecule has 0 aromatic rings. The van der Waals surface area contributed by atoms with Crippen molar-refractivity contribution in [1.29, 1.82) is 0 Å². The van der Waals surface area contributed by atoms with Gasteiger partial charge in [-0.25, -0.2) is 0 Å². The molecule has 1 saturated carbocycles. The Bertz CT molecular complexity index is 138. The fraction of sp³-hybridized carbons (Fsp3) is 1.00. The molecule has 2 heteroatoms. The minimum atomic E-state index is -0.371. The zero-order valence-corrected chi connectivity index (χ0v) is 10.2. The summed E-state index contributed by atoms with van der Waals surface area (Å²) in [6, 6.07) is 0. The zero-order valence-electron chi connectivity index (χ0n) is 8.65. The summed E-state index contributed by atoms with van der Waals surface area (Å²) in [4.78, 5) is 0. The van der Waals surface area contributed by atoms with Gasteiger partial charge in [0.25, 0.3) is 0 Å². The molecule has 78 valence electrons. The number of unbranched alkanes of at least 4 members (excludes halogenated alkanes) is 2. The second-order valence-electron chi connectivity index (χ2n) is 4.17. The van der Waals surface area contributed by atoms with Crippen molar-refractivity contribution in [1.82, 2.24) is 0 Å². The molecule has 0 radical (unpaired) electrons. The van der Waals surface area contributed by atoms with Crippen molar-refractivity contribution in [3.63, 3.8) is 0 Å². The molecule has 0 aliphatic heterocycles. The lowest BCUT2D eigenvalue weighted by Gasteiger charge is -1.95. The molecule has 0 saturated heterocycles. The minimum Gasteiger partial charge on any atom is -0.101 e. The van der Waals surface area contributed by atoms with Gasteiger partial charge in [-0.2, -0.15) is 0 Å². The maximum absolute atomic E-state index is 6.21. The van der Waals surface area contributed by atoms with Crippen LogP contribution in [-0.2, 0) is 0 Å². The zero-order chi connectivity index (χ0) is 9.90. The van der Waals surface area contributed by atoms with Crippen LogP contribution in [0.2, 0.25) is 0 Å². The highest BCUT2D eigenvalue weighted by molar-refractivity contribution is 6.51. The van der Waals surface area contributed by atoms with E-state index < -0.39 is 0 Å². The van der Waals surface area contributed by atoms with Crippen LogP contribution in [0, 0.1) is 11.8 Å². The normalized spacial score (nSPS) is 30.5. The Morgan fingerprint density at radius 2 is 1.31 bits per heavy atom. The van der Waals surface area contributed by atoms with E-state index in [-0.39, 0.29) is 4.33 Å². The molecule has 0 aromatic heterocycles. The quantitative estimate of drug-likeness (QED) is 0.568. The molecule has 0 N–H and O–H groups in total. The van der Waals surface area contributed by atoms with Crippen LogP contribution >= 0.6 is 23.2 Å². The van der Waals surface area contributed by atoms with Gasteiger partial charge < -0.3 is 0 Å². The molecule has 0 nitrogen and oxygen atoms in total. The first-order valence-corrected chi connectivity index (χ1v) is 6.28. The Morgan fingerprint density at radius 1 is 0.923 bits per heavy atom. The third-order valence-electron chi connectivity index (χ3n) is 3.10. The van der Waals surface area contributed by atoms with Gasteiger partial charge in [0.2, 0.25) is 0 Å². The number of hydrogen-bond donors (Lipinski definition) is 0. The van der Waals surface area contributed by atoms with E-state index in [1.54, 1.807) is 0 Å². The van der Waals surface area contributed by atoms with E-state index in [1.165, 1.54) is 38.5 Å². The van der Waals surface area contributed by atoms with E-state index in [4.69, 9.17) is 23.2 Å². The summed E-state index contributed by atoms with van der Waals surface area (Å²) in [5, 5.41) is 0. The molecule has 13 heavy (non-hydrogen) atoms. The van der Waals surface area contributed by atoms with Gasteiger partial charge in [-0.15, -0.1) is 23.2 Å². The topological polar surface area (TPSA) is 0 Å². The number of rotatable bonds is 6. The van der Waals surface area contributed by atoms with Gasteiger partial charge in [-0.1, -0.05) is 39.5 Å². The second kappa shape index (κ2) is 4.89. The van der Waals surface area contributed by atoms with E-state index in [9.17, 15) is 0 Å². The molecule has 1 aliphatic carbocycles. The SMILES string of the molecule is CCCCC1C(CCCC)C1(Cl)Cl. The predicted molar refractivity (Wildman–Crippen MR) is 60.5 cm³/mol. The molecule has 2 atom stereocenters. The molecule has 1 rings (SSSR count). The van der Waals surface area contributed by atoms with E-state index in [2.05, 4.69) is 13.8 Å². The standard InChI is InChI=1S/C11H20Cl2/c1-3-5-7-9-10(8-6-4-2)11(9,12)13/h9-10H,3-8H2,1-2H3. The number of alkyl halides is 2. The Labute approximate surface area is 92.0 Å². The van der Waals surface area contributed by atoms with E-state index in [0.717, 1.165) is 0 Å². The summed E-state index contributed by atoms with van der Waals surface area (Å²) in [6.07, 6.45) is 7.49. The summed E-state index contributed by atoms with van der Waals surface area (Å²) in [7, 11) is 0. The van der Waals surface area contributed by atoms with Crippen LogP contribution in [0.5, 0.6) is 0 Å². The summed E-state index contributed by atoms with van der Waals surface area (Å²) in [5.74, 6) is 1.17. The monoisotopic (exact) mass is 222 g/mol. The second-order valence-corrected chi connectivity index (χ2v) is 5.62. The molecule has 1 aliphatic rings. The van der Waals surface area contributed by atoms with Crippen molar-refractivity contribution in [3.05, 3.63) is 0 Å². The summed E-state index contributed by atoms with van der Waals surface area (Å²) in [5.41, 5.74) is 0. The largest absolute Gasteiger partial charge is 0.124 e. The van der Waals surface area contributed by atoms with Crippen LogP contribution in [0.25, 0.3) is 0 Å². The van der Waals surface area contributed by atoms with Crippen LogP contribution in [0.4, 0.5) is 0 Å². The molecule has 0 bridgehead atoms. The molecule has 1 fully saturated rings. The molecule has 0 aromatic carbocycles. The van der Waals surface area contributed by atoms with E-state index in [0.29, 0.717) is 11.8 Å². The predicted octanol–water partition coefficient (Wildman–Crippen LogP) is 4.79. The van der Waals surface area contributed by atoms with Crippen molar-refractivity contribution in [3.8, 4) is 0 Å². The van der Waals surface area contributed by atoms with Crippen LogP contribution in [0.15, 0.2) is 0 Å². The number of halogens is 2. The van der Waals surface area contributed by atoms with Gasteiger partial charge in [-0.3, -0.25) is 0 Å². The molecule has 2 unspecified atom stereocenters. The van der Waals surface area contributed by atoms with Crippen molar-refractivity contribution < 1.29 is 0 Å². The van der Waals surface area contributed by atoms with Gasteiger partial charge in [0.05, 0.1) is 0 Å². The van der Waals surface area contributed by atoms with Crippen LogP contribution in [-0.4, -0.2) is 4.33 Å². The summed E-state index contributed by atoms with van der Waals surface area (Å²) >= 11 is 12.4. The molecular formula is C11H20Cl2. The average Bonchev–Trinajstić information content (AvgIpc) is 2.60. The lowest BCUT2D eigenvalue weighted by Crippen LogP contribution is -1.90. The first-order chi connectivity index (χ1) is 6.14. The third kappa shape index (κ3) is 2.76. The molecular weight excluding hydrogens is 203 g/mol. The Kier molecular flexibility index (Phi) is 4.38. The highest BCUT2D eigenvalue weighted by Gasteiger charge is 2.61. The Hall–Kier alpha value is 0.580. The van der Waals surface area contributed by atoms with Crippen molar-refractivity contribution in [2.45, 2.75) is 56.7 Å². The first kappa shape index (κ1) is 11.7. The van der Waals surface area contributed by atoms with E-state index in [1.807, 2.05) is 0 Å². The molecule has 0 heterocycles. The van der Waals surface area contributed by atoms with Gasteiger partial charge in [-0.05, 0) is 24.7 Å². The Balaban J connectivity index is 2.24. The fourth-order valence-electron chi connectivity index (χ4n) is 2.10. The van der Waals surface area contributed by atoms with Crippen LogP contribution < -0.4 is 0 Å². The molecule has 0 amide bonds. The van der Waals surface area contributed by atoms with Crippen molar-refractivity contribution in [2.24, 2.45) is 11.8 Å². The first-order valence-electron chi connectivity index (χ1n) is 5.52. The number of hydrogen-bond acceptors (Lipinski definition) is 0. The smallest absolute Gasteiger partial charge is 0.101 e. The average molecular weight is 223 g/mol. The van der Waals surface area contributed by atoms with Crippen molar-refractivity contribution in [2.75, 3.05) is 0 Å². The van der Waals surface area contributed by atoms with Crippen molar-refractivity contribution >= 4 is 23.2 Å². The summed E-state index contributed by atoms with van der Waals surface area (Å²) < 4.78 is -0.371. The van der Waals surface area contributed by atoms with Crippen LogP contribution in [0.3, 0.4) is 0 Å². The van der Waals surface area contributed by atoms with Gasteiger partial charge in [0, 0.05) is 0 Å². The molecule has 0 spiro atoms. The fourth-order valence-corrected chi connectivity index (χ4v) is 3.01. The lowest BCUT2D eigenvalue weighted by atomic mass is 10.1. The Morgan fingerprint density at radius 3 is 1.62 bits per heavy atom. The third-order valence-corrected chi connectivity index (χ3v) is 4.22. The maximum atomic E-state index is 6.21. The maximum Gasteiger partial charge on any atom is 0.124 e. The lowest BCUT2D eigenvalue weighted by molar-refractivity contribution is 0.559. The highest BCUT2D eigenvalue weighted by atomic mass is 35.5. The van der Waals surface area contributed by atoms with Gasteiger partial charge in [0.15, 0.2) is 0 Å². The van der Waals surface area contributed by atoms with Gasteiger partial charge in [0.1, 0.15) is 4.33 Å². The minimum absolute atomic E-state index is 0.371. The van der Waals surface area contributed by atoms with Crippen LogP contribution in [0.1, 0.15) is 52.4 Å². The highest BCUT2D eigenvalue weighted by Crippen LogP contribution is 2.63. The van der Waals surface area contributed by atoms with Gasteiger partial charge >= 0.3 is 0 Å². The summed E-state index contributed by atoms with van der Waals surface area (Å²) in [6.45, 7) is 4.43. The van der Waals surface area contributed by atoms with E-state index >= 15 is 0 Å².